The van der Waals surface area contributed by atoms with Gasteiger partial charge in [0.25, 0.3) is 0 Å². The Balaban J connectivity index is 1.04. The van der Waals surface area contributed by atoms with Crippen LogP contribution >= 0.6 is 0 Å². The van der Waals surface area contributed by atoms with E-state index in [1.807, 2.05) is 0 Å². The van der Waals surface area contributed by atoms with E-state index in [0.29, 0.717) is 37.2 Å². The summed E-state index contributed by atoms with van der Waals surface area (Å²) in [5, 5.41) is 75.6. The summed E-state index contributed by atoms with van der Waals surface area (Å²) in [6.45, 7) is 11.1. The van der Waals surface area contributed by atoms with E-state index in [-0.39, 0.29) is 53.3 Å². The van der Waals surface area contributed by atoms with Gasteiger partial charge in [-0.25, -0.2) is 0 Å². The van der Waals surface area contributed by atoms with E-state index >= 15 is 0 Å². The van der Waals surface area contributed by atoms with Crippen molar-refractivity contribution in [2.75, 3.05) is 13.2 Å². The molecule has 0 aromatic carbocycles. The first-order valence-electron chi connectivity index (χ1n) is 19.7. The van der Waals surface area contributed by atoms with Crippen LogP contribution < -0.4 is 0 Å². The van der Waals surface area contributed by atoms with Crippen molar-refractivity contribution < 1.29 is 64.2 Å². The van der Waals surface area contributed by atoms with Gasteiger partial charge in [0.05, 0.1) is 37.6 Å². The molecule has 8 rings (SSSR count). The van der Waals surface area contributed by atoms with Crippen molar-refractivity contribution in [3.63, 3.8) is 0 Å². The summed E-state index contributed by atoms with van der Waals surface area (Å²) in [6, 6.07) is 0. The van der Waals surface area contributed by atoms with Crippen LogP contribution in [0.4, 0.5) is 0 Å². The minimum atomic E-state index is -1.59. The summed E-state index contributed by atoms with van der Waals surface area (Å²) in [7, 11) is 0. The molecule has 1 spiro atoms. The average molecular weight is 727 g/mol. The summed E-state index contributed by atoms with van der Waals surface area (Å²) < 4.78 is 37.6. The summed E-state index contributed by atoms with van der Waals surface area (Å²) in [5.74, 6) is 0.780. The van der Waals surface area contributed by atoms with Crippen molar-refractivity contribution >= 4 is 0 Å². The van der Waals surface area contributed by atoms with E-state index in [9.17, 15) is 35.7 Å². The SMILES string of the molecule is C[C@@H]1CO[C@]2(O[C@H]3C[C@H]4[C@@H]5C[C@H](O[C@@H]6O[C@H](C)[C@@H](O)[C@H](O[C@@H]7OC[C@@H](O)[C@H](O)[C@H]7O)[C@H]6O)[C@H]6C[C@@H](O)CC[C@]6(C)[C@H]5CC[C@]4(C)[C@H]3[C@@H]2C)[C@@H](O)C1. The fraction of sp³-hybridized carbons (Fsp3) is 1.00. The predicted octanol–water partition coefficient (Wildman–Crippen LogP) is 1.05. The van der Waals surface area contributed by atoms with Gasteiger partial charge in [0, 0.05) is 5.92 Å². The molecule has 23 atom stereocenters. The molecule has 4 heterocycles. The van der Waals surface area contributed by atoms with Gasteiger partial charge in [-0.05, 0) is 105 Å². The van der Waals surface area contributed by atoms with Crippen LogP contribution in [0.3, 0.4) is 0 Å². The number of hydrogen-bond donors (Lipinski definition) is 7. The Hall–Kier alpha value is -0.520. The van der Waals surface area contributed by atoms with Gasteiger partial charge in [-0.2, -0.15) is 0 Å². The lowest BCUT2D eigenvalue weighted by molar-refractivity contribution is -0.357. The molecule has 13 nitrogen and oxygen atoms in total. The van der Waals surface area contributed by atoms with Crippen LogP contribution in [-0.2, 0) is 28.4 Å². The maximum atomic E-state index is 11.6. The number of aliphatic hydroxyl groups excluding tert-OH is 7. The summed E-state index contributed by atoms with van der Waals surface area (Å²) in [4.78, 5) is 0. The average Bonchev–Trinajstić information content (AvgIpc) is 3.54. The van der Waals surface area contributed by atoms with E-state index in [2.05, 4.69) is 27.7 Å². The Kier molecular flexibility index (Phi) is 9.76. The highest BCUT2D eigenvalue weighted by Gasteiger charge is 2.71. The van der Waals surface area contributed by atoms with Gasteiger partial charge >= 0.3 is 0 Å². The number of aliphatic hydroxyl groups is 7. The normalized spacial score (nSPS) is 61.4. The van der Waals surface area contributed by atoms with Gasteiger partial charge in [-0.1, -0.05) is 27.7 Å². The van der Waals surface area contributed by atoms with Crippen LogP contribution in [0.15, 0.2) is 0 Å². The van der Waals surface area contributed by atoms with Crippen LogP contribution in [0.1, 0.15) is 86.0 Å². The molecule has 13 heteroatoms. The van der Waals surface area contributed by atoms with Crippen molar-refractivity contribution in [3.05, 3.63) is 0 Å². The van der Waals surface area contributed by atoms with Crippen molar-refractivity contribution in [3.8, 4) is 0 Å². The summed E-state index contributed by atoms with van der Waals surface area (Å²) in [6.07, 6.45) is -6.52. The van der Waals surface area contributed by atoms with Crippen LogP contribution in [0.5, 0.6) is 0 Å². The fourth-order valence-electron chi connectivity index (χ4n) is 13.1. The highest BCUT2D eigenvalue weighted by atomic mass is 16.7. The first-order chi connectivity index (χ1) is 24.1. The zero-order valence-corrected chi connectivity index (χ0v) is 30.7. The molecule has 0 aromatic rings. The van der Waals surface area contributed by atoms with Crippen LogP contribution in [-0.4, -0.2) is 134 Å². The highest BCUT2D eigenvalue weighted by molar-refractivity contribution is 5.17. The Labute approximate surface area is 300 Å². The van der Waals surface area contributed by atoms with E-state index in [4.69, 9.17) is 28.4 Å². The maximum Gasteiger partial charge on any atom is 0.197 e. The van der Waals surface area contributed by atoms with Gasteiger partial charge in [-0.15, -0.1) is 0 Å². The quantitative estimate of drug-likeness (QED) is 0.203. The maximum absolute atomic E-state index is 11.6. The number of ether oxygens (including phenoxy) is 6. The molecule has 8 aliphatic rings. The third-order valence-electron chi connectivity index (χ3n) is 15.7. The fourth-order valence-corrected chi connectivity index (χ4v) is 13.1. The number of fused-ring (bicyclic) bond motifs is 7. The van der Waals surface area contributed by atoms with E-state index in [0.717, 1.165) is 38.5 Å². The van der Waals surface area contributed by atoms with Crippen molar-refractivity contribution in [1.82, 2.24) is 0 Å². The van der Waals surface area contributed by atoms with Crippen LogP contribution in [0.25, 0.3) is 0 Å². The summed E-state index contributed by atoms with van der Waals surface area (Å²) >= 11 is 0. The molecule has 4 saturated carbocycles. The van der Waals surface area contributed by atoms with Crippen LogP contribution in [0.2, 0.25) is 0 Å². The molecule has 51 heavy (non-hydrogen) atoms. The third kappa shape index (κ3) is 5.73. The standard InChI is InChI=1S/C38H62O13/c1-16-10-27(41)38(47-14-16)17(2)28-26(51-38)13-22-20-12-25(23-11-19(39)6-8-36(23,4)21(20)7-9-37(22,28)5)49-35-32(45)33(29(42)18(3)48-35)50-34-31(44)30(43)24(40)15-46-34/h16-35,39-45H,6-15H2,1-5H3/t16-,17-,18+,19-,20+,21-,22-,23+,24+,25-,26-,27-,28-,29+,30-,31+,32+,33-,34-,35-,36+,37-,38+/m0/s1. The molecule has 0 bridgehead atoms. The van der Waals surface area contributed by atoms with Gasteiger partial charge < -0.3 is 64.2 Å². The first kappa shape index (κ1) is 37.4. The molecule has 4 saturated heterocycles. The number of hydrogen-bond acceptors (Lipinski definition) is 13. The van der Waals surface area contributed by atoms with E-state index in [1.54, 1.807) is 6.92 Å². The second-order valence-corrected chi connectivity index (χ2v) is 18.5. The lowest BCUT2D eigenvalue weighted by atomic mass is 9.43. The molecular formula is C38H62O13. The Morgan fingerprint density at radius 2 is 1.43 bits per heavy atom. The molecule has 0 unspecified atom stereocenters. The lowest BCUT2D eigenvalue weighted by Gasteiger charge is -2.63. The molecule has 0 aromatic heterocycles. The Morgan fingerprint density at radius 3 is 2.18 bits per heavy atom. The largest absolute Gasteiger partial charge is 0.393 e. The third-order valence-corrected chi connectivity index (χ3v) is 15.7. The van der Waals surface area contributed by atoms with E-state index < -0.39 is 73.3 Å². The molecular weight excluding hydrogens is 664 g/mol. The van der Waals surface area contributed by atoms with Crippen LogP contribution in [0, 0.1) is 52.3 Å². The highest BCUT2D eigenvalue weighted by Crippen LogP contribution is 2.71. The van der Waals surface area contributed by atoms with Crippen molar-refractivity contribution in [1.29, 1.82) is 0 Å². The predicted molar refractivity (Wildman–Crippen MR) is 178 cm³/mol. The molecule has 0 amide bonds. The second kappa shape index (κ2) is 13.3. The molecule has 7 N–H and O–H groups in total. The smallest absolute Gasteiger partial charge is 0.197 e. The monoisotopic (exact) mass is 726 g/mol. The van der Waals surface area contributed by atoms with Crippen molar-refractivity contribution in [2.45, 2.75) is 171 Å². The minimum Gasteiger partial charge on any atom is -0.393 e. The Bertz CT molecular complexity index is 1270. The zero-order chi connectivity index (χ0) is 36.4. The molecule has 4 aliphatic carbocycles. The minimum absolute atomic E-state index is 0.00406. The lowest BCUT2D eigenvalue weighted by Crippen LogP contribution is -2.64. The van der Waals surface area contributed by atoms with Gasteiger partial charge in [-0.3, -0.25) is 0 Å². The topological polar surface area (TPSA) is 197 Å². The van der Waals surface area contributed by atoms with E-state index in [1.165, 1.54) is 0 Å². The number of rotatable bonds is 4. The Morgan fingerprint density at radius 1 is 0.686 bits per heavy atom. The van der Waals surface area contributed by atoms with Gasteiger partial charge in [0.1, 0.15) is 42.7 Å². The van der Waals surface area contributed by atoms with Gasteiger partial charge in [0.2, 0.25) is 0 Å². The zero-order valence-electron chi connectivity index (χ0n) is 30.7. The molecule has 4 aliphatic heterocycles. The van der Waals surface area contributed by atoms with Gasteiger partial charge in [0.15, 0.2) is 18.4 Å². The molecule has 0 radical (unpaired) electrons. The van der Waals surface area contributed by atoms with Crippen molar-refractivity contribution in [2.24, 2.45) is 52.3 Å². The first-order valence-corrected chi connectivity index (χ1v) is 19.7. The molecule has 8 fully saturated rings. The summed E-state index contributed by atoms with van der Waals surface area (Å²) in [5.41, 5.74) is -0.115. The second-order valence-electron chi connectivity index (χ2n) is 18.5. The molecule has 292 valence electrons.